The second kappa shape index (κ2) is 7.07. The number of benzene rings is 1. The van der Waals surface area contributed by atoms with Crippen LogP contribution in [0.3, 0.4) is 0 Å². The monoisotopic (exact) mass is 364 g/mol. The van der Waals surface area contributed by atoms with E-state index in [1.165, 1.54) is 0 Å². The number of amides is 3. The Morgan fingerprint density at radius 2 is 1.96 bits per heavy atom. The summed E-state index contributed by atoms with van der Waals surface area (Å²) < 4.78 is 0. The number of carbonyl (C=O) groups excluding carboxylic acids is 3. The predicted molar refractivity (Wildman–Crippen MR) is 100 cm³/mol. The molecule has 0 spiro atoms. The standard InChI is InChI=1S/C19H21BN4O3/c21-11-20-7-5-13(6-8-20)22-14-1-2-15-12(9-14)10-24(19(15)27)16-3-4-17(25)23-18(16)26/h1-2,9,13,16,22H,3-8,10H2,(H,23,25,26). The Kier molecular flexibility index (Phi) is 4.60. The van der Waals surface area contributed by atoms with E-state index in [1.807, 2.05) is 18.2 Å². The van der Waals surface area contributed by atoms with Crippen molar-refractivity contribution in [3.05, 3.63) is 29.3 Å². The molecule has 3 amide bonds. The molecular weight excluding hydrogens is 343 g/mol. The molecule has 1 unspecified atom stereocenters. The molecule has 0 radical (unpaired) electrons. The maximum Gasteiger partial charge on any atom is 0.268 e. The SMILES string of the molecule is N#CB1CCC(Nc2ccc3c(c2)CN(C2CCC(=O)NC2=O)C3=O)CC1. The van der Waals surface area contributed by atoms with Crippen LogP contribution >= 0.6 is 0 Å². The summed E-state index contributed by atoms with van der Waals surface area (Å²) in [7, 11) is 0. The molecule has 4 rings (SSSR count). The summed E-state index contributed by atoms with van der Waals surface area (Å²) >= 11 is 0. The molecule has 3 aliphatic heterocycles. The highest BCUT2D eigenvalue weighted by molar-refractivity contribution is 6.67. The van der Waals surface area contributed by atoms with Crippen LogP contribution in [0.2, 0.25) is 12.6 Å². The molecular formula is C19H21BN4O3. The molecule has 7 nitrogen and oxygen atoms in total. The third-order valence-corrected chi connectivity index (χ3v) is 5.80. The molecule has 0 saturated carbocycles. The lowest BCUT2D eigenvalue weighted by Crippen LogP contribution is -2.52. The van der Waals surface area contributed by atoms with E-state index in [4.69, 9.17) is 5.26 Å². The number of hydrogen-bond acceptors (Lipinski definition) is 5. The number of nitrogens with zero attached hydrogens (tertiary/aromatic N) is 2. The summed E-state index contributed by atoms with van der Waals surface area (Å²) in [6, 6.07) is 5.46. The lowest BCUT2D eigenvalue weighted by molar-refractivity contribution is -0.136. The first-order valence-corrected chi connectivity index (χ1v) is 9.49. The lowest BCUT2D eigenvalue weighted by atomic mass is 9.42. The van der Waals surface area contributed by atoms with E-state index in [2.05, 4.69) is 16.6 Å². The van der Waals surface area contributed by atoms with Gasteiger partial charge in [0.1, 0.15) is 6.04 Å². The zero-order valence-corrected chi connectivity index (χ0v) is 15.0. The van der Waals surface area contributed by atoms with Gasteiger partial charge in [0, 0.05) is 36.2 Å². The average molecular weight is 364 g/mol. The van der Waals surface area contributed by atoms with Crippen LogP contribution in [-0.2, 0) is 16.1 Å². The molecule has 1 atom stereocenters. The lowest BCUT2D eigenvalue weighted by Gasteiger charge is -2.29. The van der Waals surface area contributed by atoms with Gasteiger partial charge in [0.25, 0.3) is 12.6 Å². The fraction of sp³-hybridized carbons (Fsp3) is 0.474. The molecule has 0 aromatic heterocycles. The van der Waals surface area contributed by atoms with Gasteiger partial charge in [-0.25, -0.2) is 5.26 Å². The minimum atomic E-state index is -0.583. The number of nitriles is 1. The molecule has 0 bridgehead atoms. The van der Waals surface area contributed by atoms with Crippen LogP contribution in [0.25, 0.3) is 0 Å². The molecule has 3 aliphatic rings. The van der Waals surface area contributed by atoms with Gasteiger partial charge in [-0.2, -0.15) is 0 Å². The molecule has 1 aromatic carbocycles. The van der Waals surface area contributed by atoms with Crippen molar-refractivity contribution in [1.82, 2.24) is 10.2 Å². The average Bonchev–Trinajstić information content (AvgIpc) is 2.98. The van der Waals surface area contributed by atoms with Crippen LogP contribution in [0.4, 0.5) is 5.69 Å². The van der Waals surface area contributed by atoms with Crippen molar-refractivity contribution in [2.45, 2.75) is 57.0 Å². The first kappa shape index (κ1) is 17.6. The highest BCUT2D eigenvalue weighted by Crippen LogP contribution is 2.30. The number of anilines is 1. The summed E-state index contributed by atoms with van der Waals surface area (Å²) in [6.45, 7) is 0.555. The Bertz CT molecular complexity index is 842. The number of nitrogens with one attached hydrogen (secondary N) is 2. The number of rotatable bonds is 3. The van der Waals surface area contributed by atoms with Gasteiger partial charge in [0.05, 0.1) is 0 Å². The van der Waals surface area contributed by atoms with Crippen molar-refractivity contribution in [3.63, 3.8) is 0 Å². The summed E-state index contributed by atoms with van der Waals surface area (Å²) in [5.74, 6) is 1.52. The molecule has 1 aromatic rings. The van der Waals surface area contributed by atoms with Crippen molar-refractivity contribution in [1.29, 1.82) is 5.26 Å². The Labute approximate surface area is 158 Å². The minimum absolute atomic E-state index is 0.152. The second-order valence-corrected chi connectivity index (χ2v) is 7.59. The van der Waals surface area contributed by atoms with Crippen LogP contribution in [0, 0.1) is 11.2 Å². The molecule has 8 heteroatoms. The highest BCUT2D eigenvalue weighted by Gasteiger charge is 2.39. The summed E-state index contributed by atoms with van der Waals surface area (Å²) in [6.07, 6.45) is 4.40. The van der Waals surface area contributed by atoms with E-state index in [0.29, 0.717) is 24.6 Å². The molecule has 2 N–H and O–H groups in total. The number of piperidine rings is 1. The summed E-state index contributed by atoms with van der Waals surface area (Å²) in [5, 5.41) is 14.8. The largest absolute Gasteiger partial charge is 0.382 e. The van der Waals surface area contributed by atoms with Crippen LogP contribution in [0.5, 0.6) is 0 Å². The van der Waals surface area contributed by atoms with Gasteiger partial charge in [0.15, 0.2) is 0 Å². The van der Waals surface area contributed by atoms with Gasteiger partial charge >= 0.3 is 0 Å². The van der Waals surface area contributed by atoms with E-state index in [1.54, 1.807) is 4.90 Å². The summed E-state index contributed by atoms with van der Waals surface area (Å²) in [5.41, 5.74) is 2.49. The first-order valence-electron chi connectivity index (χ1n) is 9.49. The van der Waals surface area contributed by atoms with Crippen molar-refractivity contribution in [2.75, 3.05) is 5.32 Å². The highest BCUT2D eigenvalue weighted by atomic mass is 16.2. The molecule has 2 saturated heterocycles. The Balaban J connectivity index is 1.44. The van der Waals surface area contributed by atoms with Gasteiger partial charge in [-0.15, -0.1) is 0 Å². The van der Waals surface area contributed by atoms with Crippen molar-refractivity contribution < 1.29 is 14.4 Å². The molecule has 0 aliphatic carbocycles. The van der Waals surface area contributed by atoms with Crippen molar-refractivity contribution in [3.8, 4) is 5.97 Å². The normalized spacial score (nSPS) is 23.1. The van der Waals surface area contributed by atoms with Gasteiger partial charge in [-0.05, 0) is 43.0 Å². The first-order chi connectivity index (χ1) is 13.0. The molecule has 3 heterocycles. The maximum atomic E-state index is 12.7. The third kappa shape index (κ3) is 3.42. The maximum absolute atomic E-state index is 12.7. The quantitative estimate of drug-likeness (QED) is 0.626. The van der Waals surface area contributed by atoms with Gasteiger partial charge < -0.3 is 10.2 Å². The number of imide groups is 1. The number of carbonyl (C=O) groups is 3. The Morgan fingerprint density at radius 3 is 2.67 bits per heavy atom. The smallest absolute Gasteiger partial charge is 0.268 e. The van der Waals surface area contributed by atoms with E-state index in [9.17, 15) is 14.4 Å². The van der Waals surface area contributed by atoms with E-state index in [-0.39, 0.29) is 30.9 Å². The topological polar surface area (TPSA) is 102 Å². The predicted octanol–water partition coefficient (Wildman–Crippen LogP) is 1.58. The van der Waals surface area contributed by atoms with Crippen LogP contribution in [-0.4, -0.2) is 41.4 Å². The Morgan fingerprint density at radius 1 is 1.19 bits per heavy atom. The zero-order chi connectivity index (χ0) is 19.0. The second-order valence-electron chi connectivity index (χ2n) is 7.59. The fourth-order valence-corrected chi connectivity index (χ4v) is 4.27. The van der Waals surface area contributed by atoms with Gasteiger partial charge in [-0.3, -0.25) is 19.7 Å². The van der Waals surface area contributed by atoms with Gasteiger partial charge in [-0.1, -0.05) is 12.6 Å². The van der Waals surface area contributed by atoms with E-state index in [0.717, 1.165) is 36.7 Å². The fourth-order valence-electron chi connectivity index (χ4n) is 4.27. The zero-order valence-electron chi connectivity index (χ0n) is 15.0. The summed E-state index contributed by atoms with van der Waals surface area (Å²) in [4.78, 5) is 37.7. The number of hydrogen-bond donors (Lipinski definition) is 2. The third-order valence-electron chi connectivity index (χ3n) is 5.80. The van der Waals surface area contributed by atoms with E-state index >= 15 is 0 Å². The molecule has 2 fully saturated rings. The van der Waals surface area contributed by atoms with Gasteiger partial charge in [0.2, 0.25) is 11.8 Å². The Hall–Kier alpha value is -2.82. The number of fused-ring (bicyclic) bond motifs is 1. The van der Waals surface area contributed by atoms with Crippen LogP contribution in [0.15, 0.2) is 18.2 Å². The molecule has 138 valence electrons. The van der Waals surface area contributed by atoms with Crippen LogP contribution < -0.4 is 10.6 Å². The van der Waals surface area contributed by atoms with E-state index < -0.39 is 6.04 Å². The minimum Gasteiger partial charge on any atom is -0.382 e. The van der Waals surface area contributed by atoms with Crippen molar-refractivity contribution in [2.24, 2.45) is 0 Å². The molecule has 27 heavy (non-hydrogen) atoms. The van der Waals surface area contributed by atoms with Crippen molar-refractivity contribution >= 4 is 30.1 Å². The van der Waals surface area contributed by atoms with Crippen LogP contribution in [0.1, 0.15) is 41.6 Å².